The summed E-state index contributed by atoms with van der Waals surface area (Å²) >= 11 is 0. The summed E-state index contributed by atoms with van der Waals surface area (Å²) in [4.78, 5) is 36.7. The minimum absolute atomic E-state index is 0.0262. The van der Waals surface area contributed by atoms with Crippen LogP contribution in [-0.4, -0.2) is 33.1 Å². The van der Waals surface area contributed by atoms with Crippen LogP contribution in [0.3, 0.4) is 0 Å². The van der Waals surface area contributed by atoms with Gasteiger partial charge in [-0.05, 0) is 12.8 Å². The molecule has 1 aliphatic rings. The molecule has 0 bridgehead atoms. The molecule has 0 aliphatic heterocycles. The molecule has 1 aromatic rings. The van der Waals surface area contributed by atoms with Crippen LogP contribution in [0.4, 0.5) is 0 Å². The highest BCUT2D eigenvalue weighted by molar-refractivity contribution is 5.96. The van der Waals surface area contributed by atoms with Crippen LogP contribution in [0, 0.1) is 0 Å². The highest BCUT2D eigenvalue weighted by atomic mass is 16.4. The van der Waals surface area contributed by atoms with Crippen molar-refractivity contribution in [3.63, 3.8) is 0 Å². The number of H-pyrrole nitrogens is 1. The molecule has 1 saturated carbocycles. The van der Waals surface area contributed by atoms with Gasteiger partial charge in [-0.25, -0.2) is 4.79 Å². The van der Waals surface area contributed by atoms with Crippen molar-refractivity contribution < 1.29 is 19.8 Å². The predicted octanol–water partition coefficient (Wildman–Crippen LogP) is 0.841. The van der Waals surface area contributed by atoms with Gasteiger partial charge in [0.2, 0.25) is 5.43 Å². The second-order valence-corrected chi connectivity index (χ2v) is 4.87. The number of carbonyl (C=O) groups is 2. The number of aromatic hydroxyl groups is 1. The zero-order valence-electron chi connectivity index (χ0n) is 10.8. The van der Waals surface area contributed by atoms with Gasteiger partial charge in [-0.15, -0.1) is 0 Å². The summed E-state index contributed by atoms with van der Waals surface area (Å²) in [7, 11) is 0. The summed E-state index contributed by atoms with van der Waals surface area (Å²) in [5.74, 6) is -2.91. The fourth-order valence-electron chi connectivity index (χ4n) is 2.36. The van der Waals surface area contributed by atoms with Gasteiger partial charge in [0.1, 0.15) is 5.56 Å². The van der Waals surface area contributed by atoms with E-state index < -0.39 is 28.6 Å². The molecule has 0 aromatic carbocycles. The molecule has 108 valence electrons. The van der Waals surface area contributed by atoms with Crippen LogP contribution in [-0.2, 0) is 0 Å². The Hall–Kier alpha value is -2.31. The molecule has 7 nitrogen and oxygen atoms in total. The minimum Gasteiger partial charge on any atom is -0.503 e. The van der Waals surface area contributed by atoms with Crippen LogP contribution in [0.2, 0.25) is 0 Å². The van der Waals surface area contributed by atoms with Crippen molar-refractivity contribution in [1.82, 2.24) is 10.3 Å². The van der Waals surface area contributed by atoms with Gasteiger partial charge in [-0.1, -0.05) is 19.3 Å². The number of aromatic carboxylic acids is 1. The number of hydrogen-bond acceptors (Lipinski definition) is 4. The van der Waals surface area contributed by atoms with Crippen molar-refractivity contribution in [2.24, 2.45) is 0 Å². The van der Waals surface area contributed by atoms with Crippen LogP contribution < -0.4 is 10.7 Å². The van der Waals surface area contributed by atoms with Gasteiger partial charge < -0.3 is 20.5 Å². The summed E-state index contributed by atoms with van der Waals surface area (Å²) in [6.07, 6.45) is 5.85. The van der Waals surface area contributed by atoms with Crippen LogP contribution in [0.25, 0.3) is 0 Å². The fraction of sp³-hybridized carbons (Fsp3) is 0.462. The lowest BCUT2D eigenvalue weighted by atomic mass is 9.95. The van der Waals surface area contributed by atoms with E-state index in [-0.39, 0.29) is 11.7 Å². The van der Waals surface area contributed by atoms with E-state index in [1.54, 1.807) is 0 Å². The maximum Gasteiger partial charge on any atom is 0.341 e. The van der Waals surface area contributed by atoms with Gasteiger partial charge in [0.25, 0.3) is 5.91 Å². The van der Waals surface area contributed by atoms with Crippen molar-refractivity contribution in [2.75, 3.05) is 0 Å². The van der Waals surface area contributed by atoms with E-state index in [4.69, 9.17) is 5.11 Å². The third-order valence-corrected chi connectivity index (χ3v) is 3.46. The number of carboxylic acids is 1. The summed E-state index contributed by atoms with van der Waals surface area (Å²) in [6.45, 7) is 0. The monoisotopic (exact) mass is 280 g/mol. The lowest BCUT2D eigenvalue weighted by Crippen LogP contribution is -2.37. The topological polar surface area (TPSA) is 119 Å². The number of carbonyl (C=O) groups excluding carboxylic acids is 1. The minimum atomic E-state index is -1.46. The second kappa shape index (κ2) is 5.77. The zero-order chi connectivity index (χ0) is 14.7. The van der Waals surface area contributed by atoms with E-state index in [2.05, 4.69) is 10.3 Å². The molecular weight excluding hydrogens is 264 g/mol. The first-order valence-corrected chi connectivity index (χ1v) is 6.49. The third kappa shape index (κ3) is 2.81. The molecule has 4 N–H and O–H groups in total. The van der Waals surface area contributed by atoms with Crippen molar-refractivity contribution in [3.8, 4) is 5.75 Å². The zero-order valence-corrected chi connectivity index (χ0v) is 10.8. The smallest absolute Gasteiger partial charge is 0.341 e. The first-order chi connectivity index (χ1) is 9.50. The predicted molar refractivity (Wildman–Crippen MR) is 70.0 cm³/mol. The summed E-state index contributed by atoms with van der Waals surface area (Å²) in [5.41, 5.74) is -1.97. The van der Waals surface area contributed by atoms with Gasteiger partial charge in [-0.3, -0.25) is 9.59 Å². The lowest BCUT2D eigenvalue weighted by Gasteiger charge is -2.22. The number of carboxylic acid groups (broad SMARTS) is 1. The molecule has 1 aliphatic carbocycles. The molecule has 7 heteroatoms. The molecule has 1 fully saturated rings. The first kappa shape index (κ1) is 14.1. The molecule has 2 rings (SSSR count). The maximum absolute atomic E-state index is 12.0. The Morgan fingerprint density at radius 1 is 1.25 bits per heavy atom. The molecule has 1 heterocycles. The number of nitrogens with one attached hydrogen (secondary N) is 2. The SMILES string of the molecule is O=C(NC1CCCCC1)c1[nH]cc(C(=O)O)c(=O)c1O. The quantitative estimate of drug-likeness (QED) is 0.654. The highest BCUT2D eigenvalue weighted by Gasteiger charge is 2.22. The molecule has 0 atom stereocenters. The Labute approximate surface area is 114 Å². The van der Waals surface area contributed by atoms with Gasteiger partial charge >= 0.3 is 5.97 Å². The van der Waals surface area contributed by atoms with Crippen molar-refractivity contribution in [3.05, 3.63) is 27.7 Å². The Morgan fingerprint density at radius 3 is 2.50 bits per heavy atom. The van der Waals surface area contributed by atoms with E-state index in [0.29, 0.717) is 0 Å². The number of amides is 1. The van der Waals surface area contributed by atoms with Gasteiger partial charge in [0.05, 0.1) is 0 Å². The number of aromatic nitrogens is 1. The average molecular weight is 280 g/mol. The Kier molecular flexibility index (Phi) is 4.07. The summed E-state index contributed by atoms with van der Waals surface area (Å²) < 4.78 is 0. The van der Waals surface area contributed by atoms with Crippen molar-refractivity contribution in [1.29, 1.82) is 0 Å². The van der Waals surface area contributed by atoms with Crippen molar-refractivity contribution >= 4 is 11.9 Å². The van der Waals surface area contributed by atoms with Gasteiger partial charge in [-0.2, -0.15) is 0 Å². The van der Waals surface area contributed by atoms with Gasteiger partial charge in [0, 0.05) is 12.2 Å². The molecule has 0 unspecified atom stereocenters. The second-order valence-electron chi connectivity index (χ2n) is 4.87. The van der Waals surface area contributed by atoms with E-state index in [0.717, 1.165) is 38.3 Å². The molecular formula is C13H16N2O5. The fourth-order valence-corrected chi connectivity index (χ4v) is 2.36. The molecule has 1 amide bonds. The highest BCUT2D eigenvalue weighted by Crippen LogP contribution is 2.18. The Morgan fingerprint density at radius 2 is 1.90 bits per heavy atom. The standard InChI is InChI=1S/C13H16N2O5/c16-10-8(13(19)20)6-14-9(11(10)17)12(18)15-7-4-2-1-3-5-7/h6-7,17H,1-5H2,(H,14,16)(H,15,18)(H,19,20). The molecule has 20 heavy (non-hydrogen) atoms. The Balaban J connectivity index is 2.20. The van der Waals surface area contributed by atoms with E-state index in [1.165, 1.54) is 0 Å². The molecule has 1 aromatic heterocycles. The largest absolute Gasteiger partial charge is 0.503 e. The maximum atomic E-state index is 12.0. The first-order valence-electron chi connectivity index (χ1n) is 6.49. The molecule has 0 spiro atoms. The average Bonchev–Trinajstić information content (AvgIpc) is 2.42. The van der Waals surface area contributed by atoms with Crippen LogP contribution in [0.15, 0.2) is 11.0 Å². The number of hydrogen-bond donors (Lipinski definition) is 4. The number of rotatable bonds is 3. The van der Waals surface area contributed by atoms with Gasteiger partial charge in [0.15, 0.2) is 11.4 Å². The van der Waals surface area contributed by atoms with E-state index >= 15 is 0 Å². The van der Waals surface area contributed by atoms with Crippen molar-refractivity contribution in [2.45, 2.75) is 38.1 Å². The normalized spacial score (nSPS) is 15.8. The van der Waals surface area contributed by atoms with Crippen LogP contribution in [0.1, 0.15) is 53.0 Å². The Bertz CT molecular complexity index is 587. The number of aromatic amines is 1. The summed E-state index contributed by atoms with van der Waals surface area (Å²) in [6, 6.07) is 0.0262. The van der Waals surface area contributed by atoms with Crippen LogP contribution >= 0.6 is 0 Å². The van der Waals surface area contributed by atoms with E-state index in [1.807, 2.05) is 0 Å². The molecule has 0 radical (unpaired) electrons. The summed E-state index contributed by atoms with van der Waals surface area (Å²) in [5, 5.41) is 21.1. The lowest BCUT2D eigenvalue weighted by molar-refractivity contribution is 0.0693. The number of pyridine rings is 1. The molecule has 0 saturated heterocycles. The van der Waals surface area contributed by atoms with Crippen LogP contribution in [0.5, 0.6) is 5.75 Å². The third-order valence-electron chi connectivity index (χ3n) is 3.46. The van der Waals surface area contributed by atoms with E-state index in [9.17, 15) is 19.5 Å².